The number of benzene rings is 2. The Balaban J connectivity index is 1.27. The number of rotatable bonds is 5. The van der Waals surface area contributed by atoms with E-state index in [9.17, 15) is 24.1 Å². The van der Waals surface area contributed by atoms with Gasteiger partial charge in [-0.15, -0.1) is 11.3 Å². The fourth-order valence-electron chi connectivity index (χ4n) is 5.18. The molecule has 3 heterocycles. The van der Waals surface area contributed by atoms with Crippen LogP contribution in [-0.4, -0.2) is 70.7 Å². The van der Waals surface area contributed by atoms with E-state index in [0.717, 1.165) is 17.5 Å². The Hall–Kier alpha value is -3.63. The Morgan fingerprint density at radius 3 is 2.59 bits per heavy atom. The summed E-state index contributed by atoms with van der Waals surface area (Å²) in [7, 11) is 0. The van der Waals surface area contributed by atoms with E-state index in [-0.39, 0.29) is 41.5 Å². The van der Waals surface area contributed by atoms with Crippen molar-refractivity contribution >= 4 is 28.8 Å². The van der Waals surface area contributed by atoms with Gasteiger partial charge in [0.15, 0.2) is 0 Å². The molecule has 5 rings (SSSR count). The standard InChI is InChI=1S/C27H27FN4O4S/c28-21-6-1-4-19(16-21)26-23-9-15-37-24(23)8-12-31(26)18-25(33)29-10-3-11-30(14-13-29)27(34)20-5-2-7-22(17-20)32(35)36/h1-2,4-7,9,15-17,26H,3,8,10-14,18H2/t26-/m0/s1. The van der Waals surface area contributed by atoms with Crippen LogP contribution in [0, 0.1) is 15.9 Å². The second kappa shape index (κ2) is 10.8. The van der Waals surface area contributed by atoms with Crippen LogP contribution in [0.5, 0.6) is 0 Å². The van der Waals surface area contributed by atoms with E-state index in [2.05, 4.69) is 11.0 Å². The lowest BCUT2D eigenvalue weighted by Gasteiger charge is -2.37. The zero-order valence-corrected chi connectivity index (χ0v) is 21.0. The third kappa shape index (κ3) is 5.40. The van der Waals surface area contributed by atoms with Gasteiger partial charge in [-0.25, -0.2) is 4.39 Å². The van der Waals surface area contributed by atoms with Crippen LogP contribution in [0.1, 0.15) is 38.8 Å². The Morgan fingerprint density at radius 2 is 1.78 bits per heavy atom. The van der Waals surface area contributed by atoms with Gasteiger partial charge in [0, 0.05) is 55.3 Å². The molecule has 0 spiro atoms. The molecule has 0 aliphatic carbocycles. The van der Waals surface area contributed by atoms with Crippen molar-refractivity contribution < 1.29 is 18.9 Å². The number of hydrogen-bond acceptors (Lipinski definition) is 6. The fraction of sp³-hybridized carbons (Fsp3) is 0.333. The second-order valence-corrected chi connectivity index (χ2v) is 10.3. The Morgan fingerprint density at radius 1 is 1.00 bits per heavy atom. The van der Waals surface area contributed by atoms with Gasteiger partial charge in [0.1, 0.15) is 5.82 Å². The number of amides is 2. The zero-order valence-electron chi connectivity index (χ0n) is 20.2. The van der Waals surface area contributed by atoms with Crippen molar-refractivity contribution in [1.29, 1.82) is 0 Å². The van der Waals surface area contributed by atoms with Crippen molar-refractivity contribution in [2.45, 2.75) is 18.9 Å². The van der Waals surface area contributed by atoms with Crippen molar-refractivity contribution in [3.63, 3.8) is 0 Å². The maximum Gasteiger partial charge on any atom is 0.270 e. The number of fused-ring (bicyclic) bond motifs is 1. The van der Waals surface area contributed by atoms with Gasteiger partial charge < -0.3 is 9.80 Å². The smallest absolute Gasteiger partial charge is 0.270 e. The number of non-ortho nitro benzene ring substituents is 1. The molecule has 192 valence electrons. The number of carbonyl (C=O) groups is 2. The number of nitro groups is 1. The van der Waals surface area contributed by atoms with Crippen LogP contribution in [0.15, 0.2) is 60.0 Å². The summed E-state index contributed by atoms with van der Waals surface area (Å²) in [5.74, 6) is -0.595. The quantitative estimate of drug-likeness (QED) is 0.372. The monoisotopic (exact) mass is 522 g/mol. The number of halogens is 1. The van der Waals surface area contributed by atoms with Gasteiger partial charge in [-0.2, -0.15) is 0 Å². The van der Waals surface area contributed by atoms with Crippen LogP contribution in [-0.2, 0) is 11.2 Å². The van der Waals surface area contributed by atoms with Gasteiger partial charge in [0.2, 0.25) is 5.91 Å². The van der Waals surface area contributed by atoms with Crippen LogP contribution in [0.2, 0.25) is 0 Å². The number of carbonyl (C=O) groups excluding carboxylic acids is 2. The molecule has 0 saturated carbocycles. The minimum absolute atomic E-state index is 0.0234. The molecule has 1 aromatic heterocycles. The van der Waals surface area contributed by atoms with Gasteiger partial charge >= 0.3 is 0 Å². The lowest BCUT2D eigenvalue weighted by atomic mass is 9.93. The first-order valence-corrected chi connectivity index (χ1v) is 13.2. The lowest BCUT2D eigenvalue weighted by Crippen LogP contribution is -2.45. The highest BCUT2D eigenvalue weighted by molar-refractivity contribution is 7.10. The van der Waals surface area contributed by atoms with E-state index in [1.165, 1.54) is 35.2 Å². The van der Waals surface area contributed by atoms with Gasteiger partial charge in [-0.05, 0) is 53.6 Å². The van der Waals surface area contributed by atoms with E-state index in [4.69, 9.17) is 0 Å². The summed E-state index contributed by atoms with van der Waals surface area (Å²) in [5.41, 5.74) is 2.10. The summed E-state index contributed by atoms with van der Waals surface area (Å²) in [5, 5.41) is 13.1. The molecule has 0 radical (unpaired) electrons. The molecular weight excluding hydrogens is 495 g/mol. The molecule has 37 heavy (non-hydrogen) atoms. The molecule has 0 N–H and O–H groups in total. The van der Waals surface area contributed by atoms with Gasteiger partial charge in [-0.3, -0.25) is 24.6 Å². The fourth-order valence-corrected chi connectivity index (χ4v) is 6.09. The predicted molar refractivity (Wildman–Crippen MR) is 138 cm³/mol. The molecule has 2 aromatic carbocycles. The molecule has 2 amide bonds. The van der Waals surface area contributed by atoms with E-state index >= 15 is 0 Å². The topological polar surface area (TPSA) is 87.0 Å². The first-order chi connectivity index (χ1) is 17.9. The van der Waals surface area contributed by atoms with Crippen molar-refractivity contribution in [2.24, 2.45) is 0 Å². The van der Waals surface area contributed by atoms with Crippen molar-refractivity contribution in [1.82, 2.24) is 14.7 Å². The molecule has 0 unspecified atom stereocenters. The largest absolute Gasteiger partial charge is 0.340 e. The summed E-state index contributed by atoms with van der Waals surface area (Å²) in [6.45, 7) is 2.65. The first-order valence-electron chi connectivity index (χ1n) is 12.3. The SMILES string of the molecule is O=C(CN1CCc2sccc2[C@@H]1c1cccc(F)c1)N1CCCN(C(=O)c2cccc([N+](=O)[O-])c2)CC1. The molecular formula is C27H27FN4O4S. The number of hydrogen-bond donors (Lipinski definition) is 0. The summed E-state index contributed by atoms with van der Waals surface area (Å²) < 4.78 is 14.1. The number of nitro benzene ring substituents is 1. The van der Waals surface area contributed by atoms with Gasteiger partial charge in [-0.1, -0.05) is 18.2 Å². The highest BCUT2D eigenvalue weighted by Gasteiger charge is 2.32. The average molecular weight is 523 g/mol. The first kappa shape index (κ1) is 25.0. The van der Waals surface area contributed by atoms with Crippen LogP contribution >= 0.6 is 11.3 Å². The third-order valence-corrected chi connectivity index (χ3v) is 8.00. The predicted octanol–water partition coefficient (Wildman–Crippen LogP) is 4.12. The Bertz CT molecular complexity index is 1330. The molecule has 1 fully saturated rings. The summed E-state index contributed by atoms with van der Waals surface area (Å²) in [6, 6.07) is 14.2. The van der Waals surface area contributed by atoms with Crippen LogP contribution in [0.25, 0.3) is 0 Å². The van der Waals surface area contributed by atoms with Gasteiger partial charge in [0.25, 0.3) is 11.6 Å². The molecule has 10 heteroatoms. The molecule has 2 aliphatic rings. The van der Waals surface area contributed by atoms with Gasteiger partial charge in [0.05, 0.1) is 17.5 Å². The van der Waals surface area contributed by atoms with E-state index in [1.54, 1.807) is 33.3 Å². The lowest BCUT2D eigenvalue weighted by molar-refractivity contribution is -0.384. The highest BCUT2D eigenvalue weighted by Crippen LogP contribution is 2.37. The Labute approximate surface area is 218 Å². The highest BCUT2D eigenvalue weighted by atomic mass is 32.1. The van der Waals surface area contributed by atoms with Crippen LogP contribution in [0.3, 0.4) is 0 Å². The normalized spacial score (nSPS) is 18.2. The molecule has 2 aliphatic heterocycles. The van der Waals surface area contributed by atoms with Crippen molar-refractivity contribution in [2.75, 3.05) is 39.3 Å². The minimum atomic E-state index is -0.518. The Kier molecular flexibility index (Phi) is 7.29. The van der Waals surface area contributed by atoms with E-state index in [1.807, 2.05) is 11.4 Å². The van der Waals surface area contributed by atoms with Crippen LogP contribution in [0.4, 0.5) is 10.1 Å². The average Bonchev–Trinajstić information content (AvgIpc) is 3.23. The zero-order chi connectivity index (χ0) is 25.9. The number of thiophene rings is 1. The summed E-state index contributed by atoms with van der Waals surface area (Å²) >= 11 is 1.69. The minimum Gasteiger partial charge on any atom is -0.340 e. The maximum absolute atomic E-state index is 14.1. The van der Waals surface area contributed by atoms with E-state index in [0.29, 0.717) is 39.1 Å². The van der Waals surface area contributed by atoms with Crippen molar-refractivity contribution in [3.05, 3.63) is 97.5 Å². The summed E-state index contributed by atoms with van der Waals surface area (Å²) in [6.07, 6.45) is 1.46. The molecule has 3 aromatic rings. The second-order valence-electron chi connectivity index (χ2n) is 9.31. The molecule has 0 bridgehead atoms. The maximum atomic E-state index is 14.1. The third-order valence-electron chi connectivity index (χ3n) is 7.01. The van der Waals surface area contributed by atoms with E-state index < -0.39 is 4.92 Å². The van der Waals surface area contributed by atoms with Crippen LogP contribution < -0.4 is 0 Å². The number of nitrogens with zero attached hydrogens (tertiary/aromatic N) is 4. The molecule has 1 atom stereocenters. The molecule has 8 nitrogen and oxygen atoms in total. The van der Waals surface area contributed by atoms with Crippen molar-refractivity contribution in [3.8, 4) is 0 Å². The molecule has 1 saturated heterocycles. The summed E-state index contributed by atoms with van der Waals surface area (Å²) in [4.78, 5) is 43.8.